The lowest BCUT2D eigenvalue weighted by molar-refractivity contribution is -0.139. The molecule has 3 aliphatic rings. The van der Waals surface area contributed by atoms with Gasteiger partial charge < -0.3 is 20.3 Å². The molecule has 10 heteroatoms. The Morgan fingerprint density at radius 3 is 2.68 bits per heavy atom. The zero-order valence-corrected chi connectivity index (χ0v) is 24.4. The number of hydrogen-bond acceptors (Lipinski definition) is 7. The average Bonchev–Trinajstić information content (AvgIpc) is 3.47. The molecule has 0 bridgehead atoms. The molecule has 1 saturated heterocycles. The first-order valence-electron chi connectivity index (χ1n) is 13.8. The normalized spacial score (nSPS) is 19.6. The maximum Gasteiger partial charge on any atom is 0.251 e. The lowest BCUT2D eigenvalue weighted by Gasteiger charge is -2.27. The van der Waals surface area contributed by atoms with Gasteiger partial charge in [0.2, 0.25) is 11.8 Å². The van der Waals surface area contributed by atoms with Crippen molar-refractivity contribution in [3.05, 3.63) is 77.4 Å². The number of nitrogens with one attached hydrogen (secondary N) is 2. The summed E-state index contributed by atoms with van der Waals surface area (Å²) in [4.78, 5) is 48.0. The van der Waals surface area contributed by atoms with E-state index in [1.807, 2.05) is 62.5 Å². The van der Waals surface area contributed by atoms with Crippen LogP contribution in [0.15, 0.2) is 76.8 Å². The first kappa shape index (κ1) is 27.3. The summed E-state index contributed by atoms with van der Waals surface area (Å²) in [5.74, 6) is 0.982. The fourth-order valence-corrected chi connectivity index (χ4v) is 7.29. The van der Waals surface area contributed by atoms with Gasteiger partial charge in [-0.05, 0) is 61.2 Å². The van der Waals surface area contributed by atoms with Gasteiger partial charge in [0.1, 0.15) is 17.5 Å². The number of para-hydroxylation sites is 1. The molecule has 8 nitrogen and oxygen atoms in total. The van der Waals surface area contributed by atoms with Crippen LogP contribution < -0.4 is 15.4 Å². The van der Waals surface area contributed by atoms with E-state index in [4.69, 9.17) is 4.74 Å². The fraction of sp³-hybridized carbons (Fsp3) is 0.290. The highest BCUT2D eigenvalue weighted by atomic mass is 32.2. The second-order valence-electron chi connectivity index (χ2n) is 9.95. The van der Waals surface area contributed by atoms with E-state index < -0.39 is 6.04 Å². The van der Waals surface area contributed by atoms with Crippen molar-refractivity contribution in [2.45, 2.75) is 55.1 Å². The summed E-state index contributed by atoms with van der Waals surface area (Å²) in [6.45, 7) is 4.25. The molecule has 0 radical (unpaired) electrons. The smallest absolute Gasteiger partial charge is 0.251 e. The molecule has 1 aliphatic carbocycles. The van der Waals surface area contributed by atoms with Crippen LogP contribution in [0.1, 0.15) is 41.9 Å². The van der Waals surface area contributed by atoms with E-state index in [2.05, 4.69) is 15.6 Å². The predicted molar refractivity (Wildman–Crippen MR) is 159 cm³/mol. The number of fused-ring (bicyclic) bond motifs is 4. The van der Waals surface area contributed by atoms with Crippen molar-refractivity contribution in [3.63, 3.8) is 0 Å². The van der Waals surface area contributed by atoms with Crippen LogP contribution in [0.4, 0.5) is 0 Å². The SMILES string of the molecule is CC.O=C(NCC(=O)N1C(C(=O)NCc2cc3cnccc3s2)CC2CC21)c1ccc2c(c1)Oc1ccccc1S2. The van der Waals surface area contributed by atoms with Crippen molar-refractivity contribution in [2.75, 3.05) is 6.54 Å². The number of benzene rings is 2. The van der Waals surface area contributed by atoms with Gasteiger partial charge >= 0.3 is 0 Å². The molecule has 4 heterocycles. The van der Waals surface area contributed by atoms with Crippen LogP contribution >= 0.6 is 23.1 Å². The number of amides is 3. The Morgan fingerprint density at radius 2 is 1.83 bits per heavy atom. The van der Waals surface area contributed by atoms with E-state index in [9.17, 15) is 14.4 Å². The Bertz CT molecular complexity index is 1600. The Kier molecular flexibility index (Phi) is 7.68. The number of ether oxygens (including phenoxy) is 1. The minimum absolute atomic E-state index is 0.0785. The van der Waals surface area contributed by atoms with Gasteiger partial charge in [0.05, 0.1) is 22.9 Å². The monoisotopic (exact) mass is 586 g/mol. The largest absolute Gasteiger partial charge is 0.455 e. The number of pyridine rings is 1. The molecule has 3 amide bonds. The number of likely N-dealkylation sites (tertiary alicyclic amines) is 1. The first-order valence-corrected chi connectivity index (χ1v) is 15.4. The number of thiophene rings is 1. The Balaban J connectivity index is 0.00000148. The van der Waals surface area contributed by atoms with Gasteiger partial charge in [0, 0.05) is 39.0 Å². The van der Waals surface area contributed by atoms with E-state index in [0.29, 0.717) is 30.2 Å². The van der Waals surface area contributed by atoms with Crippen molar-refractivity contribution in [3.8, 4) is 11.5 Å². The van der Waals surface area contributed by atoms with Gasteiger partial charge in [0.25, 0.3) is 5.91 Å². The molecule has 7 rings (SSSR count). The van der Waals surface area contributed by atoms with Crippen LogP contribution in [0.5, 0.6) is 11.5 Å². The number of hydrogen-bond donors (Lipinski definition) is 2. The van der Waals surface area contributed by atoms with E-state index in [-0.39, 0.29) is 30.3 Å². The van der Waals surface area contributed by atoms with E-state index >= 15 is 0 Å². The van der Waals surface area contributed by atoms with Crippen LogP contribution in [0, 0.1) is 5.92 Å². The van der Waals surface area contributed by atoms with Crippen LogP contribution in [-0.2, 0) is 16.1 Å². The first-order chi connectivity index (χ1) is 20.0. The molecular formula is C31H30N4O4S2. The number of piperidine rings is 1. The zero-order chi connectivity index (χ0) is 28.5. The third-order valence-electron chi connectivity index (χ3n) is 7.39. The fourth-order valence-electron chi connectivity index (χ4n) is 5.39. The van der Waals surface area contributed by atoms with Crippen LogP contribution in [0.3, 0.4) is 0 Å². The number of aromatic nitrogens is 1. The topological polar surface area (TPSA) is 101 Å². The number of carbonyl (C=O) groups is 3. The van der Waals surface area contributed by atoms with Crippen molar-refractivity contribution in [2.24, 2.45) is 5.92 Å². The maximum atomic E-state index is 13.2. The molecule has 210 valence electrons. The molecule has 2 fully saturated rings. The second-order valence-corrected chi connectivity index (χ2v) is 12.2. The minimum Gasteiger partial charge on any atom is -0.455 e. The van der Waals surface area contributed by atoms with Gasteiger partial charge in [-0.3, -0.25) is 19.4 Å². The molecule has 2 aliphatic heterocycles. The van der Waals surface area contributed by atoms with Crippen molar-refractivity contribution < 1.29 is 19.1 Å². The van der Waals surface area contributed by atoms with Crippen molar-refractivity contribution in [1.82, 2.24) is 20.5 Å². The third-order valence-corrected chi connectivity index (χ3v) is 9.62. The van der Waals surface area contributed by atoms with Crippen LogP contribution in [0.25, 0.3) is 10.1 Å². The second kappa shape index (κ2) is 11.5. The minimum atomic E-state index is -0.511. The molecule has 2 N–H and O–H groups in total. The maximum absolute atomic E-state index is 13.2. The Morgan fingerprint density at radius 1 is 1.00 bits per heavy atom. The molecule has 1 saturated carbocycles. The zero-order valence-electron chi connectivity index (χ0n) is 22.8. The summed E-state index contributed by atoms with van der Waals surface area (Å²) in [6.07, 6.45) is 5.14. The van der Waals surface area contributed by atoms with Gasteiger partial charge in [-0.25, -0.2) is 0 Å². The number of carbonyl (C=O) groups excluding carboxylic acids is 3. The predicted octanol–water partition coefficient (Wildman–Crippen LogP) is 5.62. The van der Waals surface area contributed by atoms with Crippen LogP contribution in [-0.4, -0.2) is 46.2 Å². The molecule has 0 spiro atoms. The van der Waals surface area contributed by atoms with Crippen molar-refractivity contribution in [1.29, 1.82) is 0 Å². The molecule has 2 aromatic heterocycles. The quantitative estimate of drug-likeness (QED) is 0.268. The molecule has 3 atom stereocenters. The summed E-state index contributed by atoms with van der Waals surface area (Å²) in [5.41, 5.74) is 0.417. The number of rotatable bonds is 6. The van der Waals surface area contributed by atoms with Gasteiger partial charge in [-0.2, -0.15) is 0 Å². The highest BCUT2D eigenvalue weighted by Gasteiger charge is 2.55. The Labute approximate surface area is 246 Å². The van der Waals surface area contributed by atoms with Crippen molar-refractivity contribution >= 4 is 50.9 Å². The highest BCUT2D eigenvalue weighted by Crippen LogP contribution is 2.48. The van der Waals surface area contributed by atoms with Crippen LogP contribution in [0.2, 0.25) is 0 Å². The highest BCUT2D eigenvalue weighted by molar-refractivity contribution is 7.99. The van der Waals surface area contributed by atoms with Gasteiger partial charge in [-0.1, -0.05) is 37.7 Å². The third kappa shape index (κ3) is 5.54. The summed E-state index contributed by atoms with van der Waals surface area (Å²) in [5, 5.41) is 6.80. The summed E-state index contributed by atoms with van der Waals surface area (Å²) in [7, 11) is 0. The lowest BCUT2D eigenvalue weighted by Crippen LogP contribution is -2.50. The number of nitrogens with zero attached hydrogens (tertiary/aromatic N) is 2. The van der Waals surface area contributed by atoms with Gasteiger partial charge in [0.15, 0.2) is 0 Å². The lowest BCUT2D eigenvalue weighted by atomic mass is 10.1. The Hall–Kier alpha value is -3.89. The summed E-state index contributed by atoms with van der Waals surface area (Å²) in [6, 6.07) is 16.6. The molecule has 3 unspecified atom stereocenters. The van der Waals surface area contributed by atoms with E-state index in [1.165, 1.54) is 0 Å². The summed E-state index contributed by atoms with van der Waals surface area (Å²) < 4.78 is 7.11. The molecular weight excluding hydrogens is 556 g/mol. The van der Waals surface area contributed by atoms with Gasteiger partial charge in [-0.15, -0.1) is 11.3 Å². The van der Waals surface area contributed by atoms with E-state index in [1.54, 1.807) is 46.3 Å². The standard InChI is InChI=1S/C29H24N4O4S2.C2H6/c34-27(15-32-28(35)16-5-6-26-23(12-16)37-22-3-1-2-4-25(22)39-26)33-20-10-17(20)11-21(33)29(36)31-14-19-9-18-13-30-8-7-24(18)38-19;1-2/h1-9,12-13,17,20-21H,10-11,14-15H2,(H,31,36)(H,32,35);1-2H3. The summed E-state index contributed by atoms with van der Waals surface area (Å²) >= 11 is 3.21. The molecule has 2 aromatic carbocycles. The molecule has 41 heavy (non-hydrogen) atoms. The van der Waals surface area contributed by atoms with E-state index in [0.717, 1.165) is 36.9 Å². The molecule has 4 aromatic rings. The average molecular weight is 587 g/mol.